The highest BCUT2D eigenvalue weighted by Gasteiger charge is 2.71. The summed E-state index contributed by atoms with van der Waals surface area (Å²) in [6.45, 7) is 9.66. The van der Waals surface area contributed by atoms with Crippen molar-refractivity contribution in [2.75, 3.05) is 39.9 Å². The van der Waals surface area contributed by atoms with Crippen molar-refractivity contribution in [1.29, 1.82) is 0 Å². The van der Waals surface area contributed by atoms with Gasteiger partial charge in [-0.15, -0.1) is 0 Å². The summed E-state index contributed by atoms with van der Waals surface area (Å²) >= 11 is 0. The van der Waals surface area contributed by atoms with E-state index in [1.807, 2.05) is 11.9 Å². The minimum absolute atomic E-state index is 0.0810. The van der Waals surface area contributed by atoms with Gasteiger partial charge in [0.15, 0.2) is 0 Å². The maximum atomic E-state index is 12.9. The van der Waals surface area contributed by atoms with Gasteiger partial charge in [0.05, 0.1) is 5.60 Å². The normalized spacial score (nSPS) is 43.1. The van der Waals surface area contributed by atoms with E-state index in [1.165, 1.54) is 19.8 Å². The standard InChI is InChI=1S/C33H50N2O7/c1-21(36)42-27-19-33(39)26-8-7-23-18-24(34(4)30(38)40-16-15-35-13-5-6-14-35)9-11-31(23,2)25(26)10-12-32(33,3)29(27)22-17-28(37)41-20-22/h17,23-27,29,39H,5-16,18-20H2,1-4H3/t23-,24+,25+,26-,27+,29+,31+,32-,33+/m1/s1. The fourth-order valence-corrected chi connectivity index (χ4v) is 10.6. The molecule has 2 aliphatic heterocycles. The van der Waals surface area contributed by atoms with Crippen molar-refractivity contribution < 1.29 is 33.7 Å². The van der Waals surface area contributed by atoms with Gasteiger partial charge in [-0.1, -0.05) is 13.8 Å². The minimum atomic E-state index is -0.992. The molecule has 0 aromatic heterocycles. The number of cyclic esters (lactones) is 1. The van der Waals surface area contributed by atoms with E-state index in [1.54, 1.807) is 6.08 Å². The van der Waals surface area contributed by atoms with Gasteiger partial charge in [-0.3, -0.25) is 9.69 Å². The van der Waals surface area contributed by atoms with E-state index in [0.29, 0.717) is 24.9 Å². The molecule has 42 heavy (non-hydrogen) atoms. The van der Waals surface area contributed by atoms with Gasteiger partial charge in [0.1, 0.15) is 19.3 Å². The Labute approximate surface area is 250 Å². The molecule has 0 aromatic carbocycles. The van der Waals surface area contributed by atoms with Gasteiger partial charge in [-0.25, -0.2) is 9.59 Å². The molecule has 9 nitrogen and oxygen atoms in total. The first-order chi connectivity index (χ1) is 20.0. The summed E-state index contributed by atoms with van der Waals surface area (Å²) in [7, 11) is 1.89. The van der Waals surface area contributed by atoms with Crippen LogP contribution in [0.4, 0.5) is 4.79 Å². The number of aliphatic hydroxyl groups is 1. The van der Waals surface area contributed by atoms with Gasteiger partial charge in [0.2, 0.25) is 0 Å². The lowest BCUT2D eigenvalue weighted by atomic mass is 9.43. The van der Waals surface area contributed by atoms with Crippen molar-refractivity contribution in [3.63, 3.8) is 0 Å². The molecule has 9 atom stereocenters. The molecule has 2 heterocycles. The minimum Gasteiger partial charge on any atom is -0.462 e. The lowest BCUT2D eigenvalue weighted by molar-refractivity contribution is -0.206. The monoisotopic (exact) mass is 586 g/mol. The van der Waals surface area contributed by atoms with Crippen LogP contribution >= 0.6 is 0 Å². The maximum Gasteiger partial charge on any atom is 0.409 e. The molecular formula is C33H50N2O7. The van der Waals surface area contributed by atoms with E-state index in [0.717, 1.165) is 70.2 Å². The Hall–Kier alpha value is -2.13. The third-order valence-corrected chi connectivity index (χ3v) is 12.9. The Morgan fingerprint density at radius 2 is 1.88 bits per heavy atom. The van der Waals surface area contributed by atoms with Crippen molar-refractivity contribution in [2.45, 2.75) is 103 Å². The number of carbonyl (C=O) groups excluding carboxylic acids is 3. The first-order valence-electron chi connectivity index (χ1n) is 16.3. The number of amides is 1. The second-order valence-corrected chi connectivity index (χ2v) is 14.7. The lowest BCUT2D eigenvalue weighted by Gasteiger charge is -2.63. The van der Waals surface area contributed by atoms with E-state index in [2.05, 4.69) is 18.7 Å². The highest BCUT2D eigenvalue weighted by atomic mass is 16.6. The molecule has 0 aromatic rings. The number of likely N-dealkylation sites (tertiary alicyclic amines) is 1. The second kappa shape index (κ2) is 11.1. The molecule has 4 aliphatic carbocycles. The van der Waals surface area contributed by atoms with Crippen LogP contribution in [0, 0.1) is 34.5 Å². The van der Waals surface area contributed by atoms with Gasteiger partial charge in [-0.05, 0) is 99.6 Å². The number of hydrogen-bond donors (Lipinski definition) is 1. The fraction of sp³-hybridized carbons (Fsp3) is 0.848. The second-order valence-electron chi connectivity index (χ2n) is 14.7. The molecule has 234 valence electrons. The first-order valence-corrected chi connectivity index (χ1v) is 16.3. The van der Waals surface area contributed by atoms with Gasteiger partial charge in [0, 0.05) is 50.4 Å². The molecule has 1 amide bonds. The molecule has 0 bridgehead atoms. The van der Waals surface area contributed by atoms with E-state index >= 15 is 0 Å². The maximum absolute atomic E-state index is 12.9. The Bertz CT molecular complexity index is 1120. The van der Waals surface area contributed by atoms with Crippen LogP contribution < -0.4 is 0 Å². The Morgan fingerprint density at radius 1 is 1.12 bits per heavy atom. The van der Waals surface area contributed by atoms with Crippen LogP contribution in [0.2, 0.25) is 0 Å². The molecule has 9 heteroatoms. The molecular weight excluding hydrogens is 536 g/mol. The van der Waals surface area contributed by atoms with Gasteiger partial charge in [0.25, 0.3) is 0 Å². The smallest absolute Gasteiger partial charge is 0.409 e. The number of nitrogens with zero attached hydrogens (tertiary/aromatic N) is 2. The van der Waals surface area contributed by atoms with E-state index in [9.17, 15) is 19.5 Å². The zero-order chi connectivity index (χ0) is 29.9. The van der Waals surface area contributed by atoms with Gasteiger partial charge >= 0.3 is 18.0 Å². The number of ether oxygens (including phenoxy) is 3. The topological polar surface area (TPSA) is 106 Å². The van der Waals surface area contributed by atoms with Crippen molar-refractivity contribution >= 4 is 18.0 Å². The quantitative estimate of drug-likeness (QED) is 0.363. The summed E-state index contributed by atoms with van der Waals surface area (Å²) in [5.74, 6) is 0.000138. The Kier molecular flexibility index (Phi) is 7.91. The molecule has 6 aliphatic rings. The predicted molar refractivity (Wildman–Crippen MR) is 155 cm³/mol. The van der Waals surface area contributed by atoms with Crippen LogP contribution in [-0.4, -0.2) is 90.6 Å². The fourth-order valence-electron chi connectivity index (χ4n) is 10.6. The average molecular weight is 587 g/mol. The highest BCUT2D eigenvalue weighted by Crippen LogP contribution is 2.70. The van der Waals surface area contributed by atoms with E-state index in [-0.39, 0.29) is 47.9 Å². The number of rotatable bonds is 6. The SMILES string of the molecule is CC(=O)O[C@H]1C[C@]2(O)[C@@H]3CC[C@@H]4C[C@@H](N(C)C(=O)OCCN5CCCC5)CC[C@]4(C)[C@H]3CC[C@]2(C)[C@H]1C1=CC(=O)OC1. The summed E-state index contributed by atoms with van der Waals surface area (Å²) in [5.41, 5.74) is -0.571. The molecule has 6 rings (SSSR count). The zero-order valence-corrected chi connectivity index (χ0v) is 25.9. The van der Waals surface area contributed by atoms with E-state index < -0.39 is 17.1 Å². The third kappa shape index (κ3) is 4.86. The van der Waals surface area contributed by atoms with Gasteiger partial charge < -0.3 is 24.2 Å². The molecule has 5 fully saturated rings. The summed E-state index contributed by atoms with van der Waals surface area (Å²) in [4.78, 5) is 41.3. The largest absolute Gasteiger partial charge is 0.462 e. The zero-order valence-electron chi connectivity index (χ0n) is 25.9. The summed E-state index contributed by atoms with van der Waals surface area (Å²) in [6, 6.07) is 0.173. The molecule has 0 spiro atoms. The average Bonchev–Trinajstić information content (AvgIpc) is 3.66. The molecule has 0 radical (unpaired) electrons. The Morgan fingerprint density at radius 3 is 2.57 bits per heavy atom. The van der Waals surface area contributed by atoms with Gasteiger partial charge in [-0.2, -0.15) is 0 Å². The summed E-state index contributed by atoms with van der Waals surface area (Å²) < 4.78 is 16.8. The first kappa shape index (κ1) is 29.9. The van der Waals surface area contributed by atoms with Crippen molar-refractivity contribution in [3.8, 4) is 0 Å². The number of esters is 2. The molecule has 0 unspecified atom stereocenters. The van der Waals surface area contributed by atoms with Crippen molar-refractivity contribution in [3.05, 3.63) is 11.6 Å². The van der Waals surface area contributed by atoms with Crippen molar-refractivity contribution in [1.82, 2.24) is 9.80 Å². The number of carbonyl (C=O) groups is 3. The van der Waals surface area contributed by atoms with Crippen LogP contribution in [0.1, 0.15) is 85.0 Å². The summed E-state index contributed by atoms with van der Waals surface area (Å²) in [6.07, 6.45) is 10.4. The molecule has 1 saturated heterocycles. The predicted octanol–water partition coefficient (Wildman–Crippen LogP) is 4.32. The number of fused-ring (bicyclic) bond motifs is 5. The van der Waals surface area contributed by atoms with Crippen LogP contribution in [0.3, 0.4) is 0 Å². The van der Waals surface area contributed by atoms with Crippen LogP contribution in [0.5, 0.6) is 0 Å². The van der Waals surface area contributed by atoms with Crippen LogP contribution in [0.15, 0.2) is 11.6 Å². The van der Waals surface area contributed by atoms with E-state index in [4.69, 9.17) is 14.2 Å². The highest BCUT2D eigenvalue weighted by molar-refractivity contribution is 5.85. The molecule has 4 saturated carbocycles. The van der Waals surface area contributed by atoms with Crippen LogP contribution in [-0.2, 0) is 23.8 Å². The molecule has 1 N–H and O–H groups in total. The third-order valence-electron chi connectivity index (χ3n) is 12.9. The number of hydrogen-bond acceptors (Lipinski definition) is 8. The van der Waals surface area contributed by atoms with Crippen molar-refractivity contribution in [2.24, 2.45) is 34.5 Å². The Balaban J connectivity index is 1.15. The van der Waals surface area contributed by atoms with Crippen LogP contribution in [0.25, 0.3) is 0 Å². The summed E-state index contributed by atoms with van der Waals surface area (Å²) in [5, 5.41) is 12.7. The lowest BCUT2D eigenvalue weighted by Crippen LogP contribution is -2.62.